The number of hydrogen-bond acceptors (Lipinski definition) is 3. The van der Waals surface area contributed by atoms with E-state index in [0.29, 0.717) is 22.0 Å². The Balaban J connectivity index is 2.09. The van der Waals surface area contributed by atoms with Crippen LogP contribution in [0.25, 0.3) is 0 Å². The standard InChI is InChI=1S/C24H28Cl2N2O3/c1-16-8-13-21(31-2)20(14-16)28(22(29)15-25)23(17-9-11-18(26)12-10-17)24(30)27-19-6-4-3-5-7-19/h8-14,19,23H,3-7,15H2,1-2H3,(H,27,30). The minimum absolute atomic E-state index is 0.100. The van der Waals surface area contributed by atoms with Crippen LogP contribution in [0.15, 0.2) is 42.5 Å². The van der Waals surface area contributed by atoms with Crippen molar-refractivity contribution in [2.75, 3.05) is 17.9 Å². The van der Waals surface area contributed by atoms with Gasteiger partial charge < -0.3 is 10.1 Å². The van der Waals surface area contributed by atoms with Crippen LogP contribution in [0.5, 0.6) is 5.75 Å². The summed E-state index contributed by atoms with van der Waals surface area (Å²) in [6.45, 7) is 1.92. The number of amides is 2. The molecule has 0 saturated heterocycles. The Labute approximate surface area is 193 Å². The molecule has 1 N–H and O–H groups in total. The van der Waals surface area contributed by atoms with E-state index < -0.39 is 6.04 Å². The van der Waals surface area contributed by atoms with Gasteiger partial charge in [-0.1, -0.05) is 49.1 Å². The second-order valence-corrected chi connectivity index (χ2v) is 8.57. The van der Waals surface area contributed by atoms with Crippen molar-refractivity contribution >= 4 is 40.7 Å². The zero-order chi connectivity index (χ0) is 22.4. The fourth-order valence-corrected chi connectivity index (χ4v) is 4.31. The van der Waals surface area contributed by atoms with Gasteiger partial charge in [-0.25, -0.2) is 0 Å². The normalized spacial score (nSPS) is 15.2. The van der Waals surface area contributed by atoms with Gasteiger partial charge in [-0.3, -0.25) is 14.5 Å². The number of benzene rings is 2. The van der Waals surface area contributed by atoms with Gasteiger partial charge in [0.15, 0.2) is 0 Å². The fourth-order valence-electron chi connectivity index (χ4n) is 4.06. The van der Waals surface area contributed by atoms with E-state index >= 15 is 0 Å². The molecule has 0 bridgehead atoms. The number of anilines is 1. The lowest BCUT2D eigenvalue weighted by Crippen LogP contribution is -2.47. The Morgan fingerprint density at radius 3 is 2.42 bits per heavy atom. The van der Waals surface area contributed by atoms with Crippen LogP contribution in [0.1, 0.15) is 49.3 Å². The molecular weight excluding hydrogens is 435 g/mol. The molecule has 0 heterocycles. The van der Waals surface area contributed by atoms with Crippen molar-refractivity contribution in [2.45, 2.75) is 51.1 Å². The summed E-state index contributed by atoms with van der Waals surface area (Å²) in [6.07, 6.45) is 5.25. The van der Waals surface area contributed by atoms with E-state index in [-0.39, 0.29) is 23.7 Å². The third-order valence-electron chi connectivity index (χ3n) is 5.62. The molecule has 1 unspecified atom stereocenters. The number of rotatable bonds is 7. The predicted octanol–water partition coefficient (Wildman–Crippen LogP) is 5.42. The maximum atomic E-state index is 13.6. The highest BCUT2D eigenvalue weighted by atomic mass is 35.5. The van der Waals surface area contributed by atoms with Crippen LogP contribution in [0.3, 0.4) is 0 Å². The largest absolute Gasteiger partial charge is 0.495 e. The summed E-state index contributed by atoms with van der Waals surface area (Å²) in [5.41, 5.74) is 2.09. The smallest absolute Gasteiger partial charge is 0.248 e. The molecule has 1 saturated carbocycles. The van der Waals surface area contributed by atoms with E-state index in [2.05, 4.69) is 5.32 Å². The number of nitrogens with zero attached hydrogens (tertiary/aromatic N) is 1. The zero-order valence-electron chi connectivity index (χ0n) is 17.9. The zero-order valence-corrected chi connectivity index (χ0v) is 19.4. The molecule has 0 aliphatic heterocycles. The number of carbonyl (C=O) groups excluding carboxylic acids is 2. The van der Waals surface area contributed by atoms with Gasteiger partial charge in [-0.15, -0.1) is 11.6 Å². The SMILES string of the molecule is COc1ccc(C)cc1N(C(=O)CCl)C(C(=O)NC1CCCCC1)c1ccc(Cl)cc1. The molecule has 0 spiro atoms. The third kappa shape index (κ3) is 5.72. The van der Waals surface area contributed by atoms with Crippen LogP contribution in [-0.4, -0.2) is 30.8 Å². The van der Waals surface area contributed by atoms with Crippen molar-refractivity contribution in [3.05, 3.63) is 58.6 Å². The minimum Gasteiger partial charge on any atom is -0.495 e. The van der Waals surface area contributed by atoms with E-state index in [0.717, 1.165) is 31.2 Å². The van der Waals surface area contributed by atoms with Crippen LogP contribution in [0.2, 0.25) is 5.02 Å². The molecule has 2 aromatic rings. The van der Waals surface area contributed by atoms with Crippen molar-refractivity contribution in [3.63, 3.8) is 0 Å². The molecule has 1 aliphatic rings. The lowest BCUT2D eigenvalue weighted by Gasteiger charge is -2.34. The van der Waals surface area contributed by atoms with Crippen LogP contribution < -0.4 is 15.0 Å². The first kappa shape index (κ1) is 23.4. The number of methoxy groups -OCH3 is 1. The van der Waals surface area contributed by atoms with Crippen molar-refractivity contribution in [3.8, 4) is 5.75 Å². The molecule has 2 aromatic carbocycles. The third-order valence-corrected chi connectivity index (χ3v) is 6.10. The molecule has 31 heavy (non-hydrogen) atoms. The van der Waals surface area contributed by atoms with Crippen molar-refractivity contribution in [1.29, 1.82) is 0 Å². The number of hydrogen-bond donors (Lipinski definition) is 1. The van der Waals surface area contributed by atoms with E-state index in [1.54, 1.807) is 30.3 Å². The molecule has 1 atom stereocenters. The Bertz CT molecular complexity index is 912. The Hall–Kier alpha value is -2.24. The van der Waals surface area contributed by atoms with Crippen molar-refractivity contribution in [2.24, 2.45) is 0 Å². The molecule has 3 rings (SSSR count). The summed E-state index contributed by atoms with van der Waals surface area (Å²) in [5.74, 6) is -0.396. The Morgan fingerprint density at radius 2 is 1.81 bits per heavy atom. The molecule has 1 aliphatic carbocycles. The monoisotopic (exact) mass is 462 g/mol. The van der Waals surface area contributed by atoms with Gasteiger partial charge in [0.1, 0.15) is 17.7 Å². The lowest BCUT2D eigenvalue weighted by molar-refractivity contribution is -0.126. The van der Waals surface area contributed by atoms with Gasteiger partial charge >= 0.3 is 0 Å². The van der Waals surface area contributed by atoms with Gasteiger partial charge in [-0.05, 0) is 55.2 Å². The van der Waals surface area contributed by atoms with Gasteiger partial charge in [0.05, 0.1) is 12.8 Å². The number of carbonyl (C=O) groups is 2. The summed E-state index contributed by atoms with van der Waals surface area (Å²) >= 11 is 12.1. The topological polar surface area (TPSA) is 58.6 Å². The number of ether oxygens (including phenoxy) is 1. The number of aryl methyl sites for hydroxylation is 1. The van der Waals surface area contributed by atoms with E-state index in [1.807, 2.05) is 19.1 Å². The number of halogens is 2. The molecule has 2 amide bonds. The van der Waals surface area contributed by atoms with E-state index in [1.165, 1.54) is 18.4 Å². The highest BCUT2D eigenvalue weighted by Crippen LogP contribution is 2.36. The molecule has 0 aromatic heterocycles. The first-order valence-corrected chi connectivity index (χ1v) is 11.4. The van der Waals surface area contributed by atoms with E-state index in [9.17, 15) is 9.59 Å². The van der Waals surface area contributed by atoms with Crippen LogP contribution >= 0.6 is 23.2 Å². The molecule has 0 radical (unpaired) electrons. The second kappa shape index (κ2) is 10.9. The van der Waals surface area contributed by atoms with Crippen molar-refractivity contribution < 1.29 is 14.3 Å². The highest BCUT2D eigenvalue weighted by molar-refractivity contribution is 6.30. The Kier molecular flexibility index (Phi) is 8.22. The summed E-state index contributed by atoms with van der Waals surface area (Å²) in [4.78, 5) is 28.1. The van der Waals surface area contributed by atoms with Crippen LogP contribution in [-0.2, 0) is 9.59 Å². The lowest BCUT2D eigenvalue weighted by atomic mass is 9.94. The van der Waals surface area contributed by atoms with E-state index in [4.69, 9.17) is 27.9 Å². The molecule has 5 nitrogen and oxygen atoms in total. The van der Waals surface area contributed by atoms with Crippen LogP contribution in [0.4, 0.5) is 5.69 Å². The minimum atomic E-state index is -0.902. The fraction of sp³-hybridized carbons (Fsp3) is 0.417. The summed E-state index contributed by atoms with van der Waals surface area (Å²) < 4.78 is 5.52. The second-order valence-electron chi connectivity index (χ2n) is 7.87. The summed E-state index contributed by atoms with van der Waals surface area (Å²) in [5, 5.41) is 3.72. The first-order chi connectivity index (χ1) is 14.9. The molecular formula is C24H28Cl2N2O3. The van der Waals surface area contributed by atoms with Gasteiger partial charge in [-0.2, -0.15) is 0 Å². The predicted molar refractivity (Wildman–Crippen MR) is 125 cm³/mol. The highest BCUT2D eigenvalue weighted by Gasteiger charge is 2.35. The number of alkyl halides is 1. The maximum absolute atomic E-state index is 13.6. The molecule has 7 heteroatoms. The average molecular weight is 463 g/mol. The van der Waals surface area contributed by atoms with Gasteiger partial charge in [0.2, 0.25) is 11.8 Å². The average Bonchev–Trinajstić information content (AvgIpc) is 2.78. The Morgan fingerprint density at radius 1 is 1.13 bits per heavy atom. The number of nitrogens with one attached hydrogen (secondary N) is 1. The quantitative estimate of drug-likeness (QED) is 0.558. The van der Waals surface area contributed by atoms with Gasteiger partial charge in [0.25, 0.3) is 0 Å². The van der Waals surface area contributed by atoms with Crippen LogP contribution in [0, 0.1) is 6.92 Å². The van der Waals surface area contributed by atoms with Gasteiger partial charge in [0, 0.05) is 11.1 Å². The molecule has 166 valence electrons. The maximum Gasteiger partial charge on any atom is 0.248 e. The first-order valence-electron chi connectivity index (χ1n) is 10.5. The summed E-state index contributed by atoms with van der Waals surface area (Å²) in [7, 11) is 1.54. The van der Waals surface area contributed by atoms with Crippen molar-refractivity contribution in [1.82, 2.24) is 5.32 Å². The summed E-state index contributed by atoms with van der Waals surface area (Å²) in [6, 6.07) is 11.7. The molecule has 1 fully saturated rings.